The summed E-state index contributed by atoms with van der Waals surface area (Å²) < 4.78 is 78.7. The van der Waals surface area contributed by atoms with Crippen molar-refractivity contribution in [3.05, 3.63) is 23.3 Å². The smallest absolute Gasteiger partial charge is 0.423 e. The first kappa shape index (κ1) is 13.5. The lowest BCUT2D eigenvalue weighted by atomic mass is 10.1. The second-order valence-electron chi connectivity index (χ2n) is 3.04. The lowest BCUT2D eigenvalue weighted by Crippen LogP contribution is -2.14. The van der Waals surface area contributed by atoms with E-state index in [1.807, 2.05) is 0 Å². The molecule has 0 saturated carbocycles. The monoisotopic (exact) mass is 260 g/mol. The first-order chi connectivity index (χ1) is 7.59. The molecule has 0 spiro atoms. The van der Waals surface area contributed by atoms with Crippen LogP contribution in [0.25, 0.3) is 0 Å². The molecule has 0 aliphatic rings. The topological polar surface area (TPSA) is 29.5 Å². The molecule has 0 fully saturated rings. The van der Waals surface area contributed by atoms with Gasteiger partial charge in [0.1, 0.15) is 17.1 Å². The van der Waals surface area contributed by atoms with Crippen LogP contribution in [0.2, 0.25) is 0 Å². The number of alkyl halides is 6. The Balaban J connectivity index is 3.60. The molecular weight excluding hydrogens is 254 g/mol. The first-order valence-corrected chi connectivity index (χ1v) is 4.13. The molecule has 2 nitrogen and oxygen atoms in total. The van der Waals surface area contributed by atoms with Crippen LogP contribution in [-0.2, 0) is 12.4 Å². The molecule has 0 aliphatic heterocycles. The van der Waals surface area contributed by atoms with Crippen molar-refractivity contribution in [2.45, 2.75) is 12.4 Å². The summed E-state index contributed by atoms with van der Waals surface area (Å²) in [6, 6.07) is 0.650. The predicted octanol–water partition coefficient (Wildman–Crippen LogP) is 3.44. The number of halogens is 6. The van der Waals surface area contributed by atoms with E-state index < -0.39 is 35.0 Å². The average molecular weight is 260 g/mol. The quantitative estimate of drug-likeness (QED) is 0.784. The Labute approximate surface area is 91.4 Å². The molecule has 17 heavy (non-hydrogen) atoms. The molecule has 0 heterocycles. The van der Waals surface area contributed by atoms with Crippen LogP contribution in [0.15, 0.2) is 12.1 Å². The fraction of sp³-hybridized carbons (Fsp3) is 0.333. The number of phenolic OH excluding ortho intramolecular Hbond substituents is 1. The van der Waals surface area contributed by atoms with Gasteiger partial charge in [-0.05, 0) is 12.1 Å². The molecule has 1 aromatic carbocycles. The fourth-order valence-corrected chi connectivity index (χ4v) is 1.28. The van der Waals surface area contributed by atoms with Crippen LogP contribution in [0, 0.1) is 0 Å². The van der Waals surface area contributed by atoms with Gasteiger partial charge in [0.15, 0.2) is 0 Å². The number of phenols is 1. The highest BCUT2D eigenvalue weighted by atomic mass is 19.4. The van der Waals surface area contributed by atoms with Gasteiger partial charge in [-0.2, -0.15) is 26.3 Å². The summed E-state index contributed by atoms with van der Waals surface area (Å²) in [6.45, 7) is 0. The number of hydrogen-bond donors (Lipinski definition) is 1. The fourth-order valence-electron chi connectivity index (χ4n) is 1.28. The maximum atomic E-state index is 12.5. The van der Waals surface area contributed by atoms with Gasteiger partial charge in [0.2, 0.25) is 0 Å². The third kappa shape index (κ3) is 2.56. The van der Waals surface area contributed by atoms with Gasteiger partial charge in [-0.3, -0.25) is 0 Å². The maximum absolute atomic E-state index is 12.5. The number of methoxy groups -OCH3 is 1. The van der Waals surface area contributed by atoms with E-state index in [2.05, 4.69) is 4.74 Å². The summed E-state index contributed by atoms with van der Waals surface area (Å²) in [7, 11) is 0.666. The second kappa shape index (κ2) is 4.01. The lowest BCUT2D eigenvalue weighted by molar-refractivity contribution is -0.146. The number of ether oxygens (including phenoxy) is 1. The van der Waals surface area contributed by atoms with E-state index in [4.69, 9.17) is 5.11 Å². The molecule has 0 bridgehead atoms. The van der Waals surface area contributed by atoms with Crippen molar-refractivity contribution in [2.24, 2.45) is 0 Å². The van der Waals surface area contributed by atoms with Crippen molar-refractivity contribution < 1.29 is 36.2 Å². The van der Waals surface area contributed by atoms with Crippen molar-refractivity contribution in [3.8, 4) is 11.5 Å². The van der Waals surface area contributed by atoms with Crippen molar-refractivity contribution >= 4 is 0 Å². The largest absolute Gasteiger partial charge is 0.507 e. The molecule has 1 N–H and O–H groups in total. The van der Waals surface area contributed by atoms with E-state index in [1.54, 1.807) is 0 Å². The molecule has 0 unspecified atom stereocenters. The van der Waals surface area contributed by atoms with Crippen molar-refractivity contribution in [1.29, 1.82) is 0 Å². The zero-order chi connectivity index (χ0) is 13.4. The molecule has 96 valence electrons. The standard InChI is InChI=1S/C9H6F6O2/c1-17-7-4(8(10,11)12)2-3-5(16)6(7)9(13,14)15/h2-3,16H,1H3. The number of hydrogen-bond acceptors (Lipinski definition) is 2. The number of benzene rings is 1. The van der Waals surface area contributed by atoms with E-state index in [-0.39, 0.29) is 0 Å². The Kier molecular flexibility index (Phi) is 3.17. The van der Waals surface area contributed by atoms with E-state index in [0.29, 0.717) is 19.2 Å². The third-order valence-electron chi connectivity index (χ3n) is 1.93. The van der Waals surface area contributed by atoms with Gasteiger partial charge >= 0.3 is 12.4 Å². The van der Waals surface area contributed by atoms with Crippen LogP contribution < -0.4 is 4.74 Å². The number of aromatic hydroxyl groups is 1. The summed E-state index contributed by atoms with van der Waals surface area (Å²) in [6.07, 6.45) is -10.1. The molecule has 0 radical (unpaired) electrons. The first-order valence-electron chi connectivity index (χ1n) is 4.13. The van der Waals surface area contributed by atoms with Gasteiger partial charge in [-0.25, -0.2) is 0 Å². The van der Waals surface area contributed by atoms with Gasteiger partial charge in [0.05, 0.1) is 12.7 Å². The van der Waals surface area contributed by atoms with Crippen LogP contribution in [0.3, 0.4) is 0 Å². The van der Waals surface area contributed by atoms with Gasteiger partial charge in [0, 0.05) is 0 Å². The Hall–Kier alpha value is -1.60. The van der Waals surface area contributed by atoms with E-state index >= 15 is 0 Å². The zero-order valence-electron chi connectivity index (χ0n) is 8.28. The molecule has 8 heteroatoms. The Morgan fingerprint density at radius 2 is 1.53 bits per heavy atom. The van der Waals surface area contributed by atoms with E-state index in [0.717, 1.165) is 0 Å². The normalized spacial score (nSPS) is 12.6. The summed E-state index contributed by atoms with van der Waals surface area (Å²) in [5, 5.41) is 8.98. The molecular formula is C9H6F6O2. The Bertz CT molecular complexity index is 421. The van der Waals surface area contributed by atoms with Gasteiger partial charge in [-0.15, -0.1) is 0 Å². The zero-order valence-corrected chi connectivity index (χ0v) is 8.28. The van der Waals surface area contributed by atoms with Crippen LogP contribution in [-0.4, -0.2) is 12.2 Å². The van der Waals surface area contributed by atoms with E-state index in [9.17, 15) is 26.3 Å². The molecule has 0 saturated heterocycles. The van der Waals surface area contributed by atoms with Crippen LogP contribution in [0.4, 0.5) is 26.3 Å². The highest BCUT2D eigenvalue weighted by molar-refractivity contribution is 5.52. The summed E-state index contributed by atoms with van der Waals surface area (Å²) >= 11 is 0. The summed E-state index contributed by atoms with van der Waals surface area (Å²) in [4.78, 5) is 0. The Morgan fingerprint density at radius 1 is 1.00 bits per heavy atom. The predicted molar refractivity (Wildman–Crippen MR) is 44.7 cm³/mol. The number of rotatable bonds is 1. The minimum absolute atomic E-state index is 0.323. The van der Waals surface area contributed by atoms with Crippen molar-refractivity contribution in [3.63, 3.8) is 0 Å². The molecule has 0 amide bonds. The van der Waals surface area contributed by atoms with Crippen LogP contribution >= 0.6 is 0 Å². The maximum Gasteiger partial charge on any atom is 0.423 e. The SMILES string of the molecule is COc1c(C(F)(F)F)ccc(O)c1C(F)(F)F. The summed E-state index contributed by atoms with van der Waals surface area (Å²) in [5.41, 5.74) is -3.43. The second-order valence-corrected chi connectivity index (χ2v) is 3.04. The highest BCUT2D eigenvalue weighted by Crippen LogP contribution is 2.47. The van der Waals surface area contributed by atoms with Crippen LogP contribution in [0.1, 0.15) is 11.1 Å². The molecule has 1 rings (SSSR count). The van der Waals surface area contributed by atoms with Gasteiger partial charge in [-0.1, -0.05) is 0 Å². The summed E-state index contributed by atoms with van der Waals surface area (Å²) in [5.74, 6) is -2.76. The minimum Gasteiger partial charge on any atom is -0.507 e. The van der Waals surface area contributed by atoms with Crippen molar-refractivity contribution in [1.82, 2.24) is 0 Å². The van der Waals surface area contributed by atoms with Crippen molar-refractivity contribution in [2.75, 3.05) is 7.11 Å². The van der Waals surface area contributed by atoms with Gasteiger partial charge in [0.25, 0.3) is 0 Å². The molecule has 0 aromatic heterocycles. The third-order valence-corrected chi connectivity index (χ3v) is 1.93. The lowest BCUT2D eigenvalue weighted by Gasteiger charge is -2.18. The van der Waals surface area contributed by atoms with Gasteiger partial charge < -0.3 is 9.84 Å². The highest BCUT2D eigenvalue weighted by Gasteiger charge is 2.43. The Morgan fingerprint density at radius 3 is 1.88 bits per heavy atom. The molecule has 1 aromatic rings. The molecule has 0 atom stereocenters. The minimum atomic E-state index is -5.14. The molecule has 0 aliphatic carbocycles. The van der Waals surface area contributed by atoms with E-state index in [1.165, 1.54) is 0 Å². The average Bonchev–Trinajstić information content (AvgIpc) is 2.12. The van der Waals surface area contributed by atoms with Crippen LogP contribution in [0.5, 0.6) is 11.5 Å².